The fourth-order valence-electron chi connectivity index (χ4n) is 2.98. The minimum Gasteiger partial charge on any atom is -0.337 e. The zero-order chi connectivity index (χ0) is 15.5. The molecule has 2 atom stereocenters. The molecule has 2 unspecified atom stereocenters. The summed E-state index contributed by atoms with van der Waals surface area (Å²) in [7, 11) is 0. The molecule has 0 aliphatic carbocycles. The zero-order valence-corrected chi connectivity index (χ0v) is 13.6. The highest BCUT2D eigenvalue weighted by Crippen LogP contribution is 2.25. The summed E-state index contributed by atoms with van der Waals surface area (Å²) in [5.74, 6) is 1.15. The van der Waals surface area contributed by atoms with Gasteiger partial charge in [0.05, 0.1) is 11.9 Å². The number of piperidine rings is 1. The summed E-state index contributed by atoms with van der Waals surface area (Å²) in [6.45, 7) is 6.05. The second-order valence-corrected chi connectivity index (χ2v) is 6.92. The molecule has 3 rings (SSSR count). The summed E-state index contributed by atoms with van der Waals surface area (Å²) >= 11 is 1.44. The Balaban J connectivity index is 1.69. The van der Waals surface area contributed by atoms with Gasteiger partial charge >= 0.3 is 0 Å². The molecule has 22 heavy (non-hydrogen) atoms. The van der Waals surface area contributed by atoms with Gasteiger partial charge in [0.25, 0.3) is 5.91 Å². The molecule has 3 heterocycles. The Labute approximate surface area is 134 Å². The normalized spacial score (nSPS) is 21.6. The van der Waals surface area contributed by atoms with Gasteiger partial charge in [-0.05, 0) is 30.4 Å². The molecule has 0 bridgehead atoms. The molecule has 0 aromatic carbocycles. The maximum atomic E-state index is 12.6. The van der Waals surface area contributed by atoms with E-state index in [1.807, 2.05) is 22.4 Å². The van der Waals surface area contributed by atoms with Crippen molar-refractivity contribution in [3.8, 4) is 0 Å². The maximum absolute atomic E-state index is 12.6. The molecule has 1 amide bonds. The van der Waals surface area contributed by atoms with Crippen LogP contribution in [0.15, 0.2) is 29.9 Å². The zero-order valence-electron chi connectivity index (χ0n) is 12.8. The minimum atomic E-state index is 0.0360. The van der Waals surface area contributed by atoms with Crippen molar-refractivity contribution in [1.82, 2.24) is 14.9 Å². The van der Waals surface area contributed by atoms with E-state index in [-0.39, 0.29) is 5.91 Å². The highest BCUT2D eigenvalue weighted by atomic mass is 32.1. The number of rotatable bonds is 3. The topological polar surface area (TPSA) is 58.1 Å². The van der Waals surface area contributed by atoms with Crippen molar-refractivity contribution in [2.45, 2.75) is 20.3 Å². The number of hydrogen-bond donors (Lipinski definition) is 1. The van der Waals surface area contributed by atoms with E-state index in [4.69, 9.17) is 0 Å². The predicted octanol–water partition coefficient (Wildman–Crippen LogP) is 3.40. The van der Waals surface area contributed by atoms with E-state index in [9.17, 15) is 4.79 Å². The van der Waals surface area contributed by atoms with Crippen LogP contribution in [0.5, 0.6) is 0 Å². The van der Waals surface area contributed by atoms with Crippen LogP contribution in [0.1, 0.15) is 30.8 Å². The van der Waals surface area contributed by atoms with E-state index >= 15 is 0 Å². The van der Waals surface area contributed by atoms with E-state index in [1.165, 1.54) is 17.8 Å². The maximum Gasteiger partial charge on any atom is 0.273 e. The third-order valence-electron chi connectivity index (χ3n) is 3.79. The van der Waals surface area contributed by atoms with E-state index in [1.54, 1.807) is 12.4 Å². The Kier molecular flexibility index (Phi) is 4.38. The molecule has 5 nitrogen and oxygen atoms in total. The molecule has 1 N–H and O–H groups in total. The number of carbonyl (C=O) groups is 1. The first-order chi connectivity index (χ1) is 10.6. The van der Waals surface area contributed by atoms with Gasteiger partial charge in [0, 0.05) is 24.7 Å². The molecule has 0 radical (unpaired) electrons. The first-order valence-corrected chi connectivity index (χ1v) is 8.41. The highest BCUT2D eigenvalue weighted by molar-refractivity contribution is 7.14. The third-order valence-corrected chi connectivity index (χ3v) is 4.55. The Morgan fingerprint density at radius 3 is 2.82 bits per heavy atom. The quantitative estimate of drug-likeness (QED) is 0.943. The molecule has 2 aromatic heterocycles. The van der Waals surface area contributed by atoms with Crippen LogP contribution in [0.4, 0.5) is 10.8 Å². The van der Waals surface area contributed by atoms with E-state index in [2.05, 4.69) is 29.1 Å². The molecule has 0 saturated carbocycles. The highest BCUT2D eigenvalue weighted by Gasteiger charge is 2.27. The molecular formula is C16H20N4OS. The molecule has 1 aliphatic heterocycles. The van der Waals surface area contributed by atoms with Gasteiger partial charge < -0.3 is 10.2 Å². The molecule has 2 aromatic rings. The van der Waals surface area contributed by atoms with Crippen molar-refractivity contribution in [3.05, 3.63) is 35.6 Å². The number of amides is 1. The molecule has 6 heteroatoms. The van der Waals surface area contributed by atoms with Gasteiger partial charge in [-0.2, -0.15) is 0 Å². The van der Waals surface area contributed by atoms with E-state index in [0.717, 1.165) is 23.9 Å². The number of nitrogens with one attached hydrogen (secondary N) is 1. The Morgan fingerprint density at radius 2 is 2.14 bits per heavy atom. The van der Waals surface area contributed by atoms with E-state index in [0.29, 0.717) is 17.5 Å². The Bertz CT molecular complexity index is 633. The first-order valence-electron chi connectivity index (χ1n) is 7.53. The predicted molar refractivity (Wildman–Crippen MR) is 88.5 cm³/mol. The smallest absolute Gasteiger partial charge is 0.273 e. The van der Waals surface area contributed by atoms with Crippen molar-refractivity contribution in [2.24, 2.45) is 11.8 Å². The van der Waals surface area contributed by atoms with E-state index < -0.39 is 0 Å². The van der Waals surface area contributed by atoms with Gasteiger partial charge in [-0.1, -0.05) is 13.8 Å². The lowest BCUT2D eigenvalue weighted by atomic mass is 9.92. The van der Waals surface area contributed by atoms with Gasteiger partial charge in [-0.15, -0.1) is 11.3 Å². The largest absolute Gasteiger partial charge is 0.337 e. The van der Waals surface area contributed by atoms with Crippen molar-refractivity contribution in [2.75, 3.05) is 18.4 Å². The average Bonchev–Trinajstić information content (AvgIpc) is 2.95. The second-order valence-electron chi connectivity index (χ2n) is 6.06. The number of pyridine rings is 1. The summed E-state index contributed by atoms with van der Waals surface area (Å²) in [5.41, 5.74) is 1.40. The number of carbonyl (C=O) groups excluding carboxylic acids is 1. The number of anilines is 2. The van der Waals surface area contributed by atoms with Crippen LogP contribution in [0.3, 0.4) is 0 Å². The van der Waals surface area contributed by atoms with Crippen LogP contribution in [0.2, 0.25) is 0 Å². The van der Waals surface area contributed by atoms with Crippen LogP contribution in [0.25, 0.3) is 0 Å². The number of likely N-dealkylation sites (tertiary alicyclic amines) is 1. The van der Waals surface area contributed by atoms with Gasteiger partial charge in [0.15, 0.2) is 5.13 Å². The Morgan fingerprint density at radius 1 is 1.36 bits per heavy atom. The monoisotopic (exact) mass is 316 g/mol. The van der Waals surface area contributed by atoms with Gasteiger partial charge in [-0.3, -0.25) is 9.78 Å². The van der Waals surface area contributed by atoms with Gasteiger partial charge in [0.1, 0.15) is 5.69 Å². The lowest BCUT2D eigenvalue weighted by Gasteiger charge is -2.34. The summed E-state index contributed by atoms with van der Waals surface area (Å²) in [4.78, 5) is 23.0. The van der Waals surface area contributed by atoms with Crippen molar-refractivity contribution in [1.29, 1.82) is 0 Å². The van der Waals surface area contributed by atoms with Crippen LogP contribution in [-0.4, -0.2) is 33.9 Å². The summed E-state index contributed by atoms with van der Waals surface area (Å²) in [6, 6.07) is 3.78. The summed E-state index contributed by atoms with van der Waals surface area (Å²) in [5, 5.41) is 5.72. The average molecular weight is 316 g/mol. The fourth-order valence-corrected chi connectivity index (χ4v) is 3.68. The van der Waals surface area contributed by atoms with Crippen LogP contribution < -0.4 is 5.32 Å². The lowest BCUT2D eigenvalue weighted by molar-refractivity contribution is 0.0618. The molecule has 1 saturated heterocycles. The van der Waals surface area contributed by atoms with Gasteiger partial charge in [-0.25, -0.2) is 4.98 Å². The summed E-state index contributed by atoms with van der Waals surface area (Å²) in [6.07, 6.45) is 4.65. The fraction of sp³-hybridized carbons (Fsp3) is 0.438. The molecule has 1 fully saturated rings. The molecular weight excluding hydrogens is 296 g/mol. The van der Waals surface area contributed by atoms with Crippen LogP contribution in [-0.2, 0) is 0 Å². The molecule has 0 spiro atoms. The number of nitrogens with zero attached hydrogens (tertiary/aromatic N) is 3. The number of thiazole rings is 1. The lowest BCUT2D eigenvalue weighted by Crippen LogP contribution is -2.42. The van der Waals surface area contributed by atoms with Crippen molar-refractivity contribution < 1.29 is 4.79 Å². The summed E-state index contributed by atoms with van der Waals surface area (Å²) < 4.78 is 0. The number of aromatic nitrogens is 2. The molecule has 116 valence electrons. The minimum absolute atomic E-state index is 0.0360. The SMILES string of the molecule is CC1CC(C)CN(C(=O)c2csc(Nc3cccnc3)n2)C1. The Hall–Kier alpha value is -1.95. The third kappa shape index (κ3) is 3.44. The first kappa shape index (κ1) is 15.0. The number of hydrogen-bond acceptors (Lipinski definition) is 5. The van der Waals surface area contributed by atoms with Crippen LogP contribution in [0, 0.1) is 11.8 Å². The van der Waals surface area contributed by atoms with Crippen molar-refractivity contribution in [3.63, 3.8) is 0 Å². The van der Waals surface area contributed by atoms with Crippen LogP contribution >= 0.6 is 11.3 Å². The van der Waals surface area contributed by atoms with Gasteiger partial charge in [0.2, 0.25) is 0 Å². The molecule has 1 aliphatic rings. The second kappa shape index (κ2) is 6.44. The standard InChI is InChI=1S/C16H20N4OS/c1-11-6-12(2)9-20(8-11)15(21)14-10-22-16(19-14)18-13-4-3-5-17-7-13/h3-5,7,10-12H,6,8-9H2,1-2H3,(H,18,19). The van der Waals surface area contributed by atoms with Crippen molar-refractivity contribution >= 4 is 28.1 Å².